The maximum atomic E-state index is 5.99. The predicted molar refractivity (Wildman–Crippen MR) is 82.9 cm³/mol. The smallest absolute Gasteiger partial charge is 0.143 e. The van der Waals surface area contributed by atoms with Gasteiger partial charge in [0, 0.05) is 30.9 Å². The van der Waals surface area contributed by atoms with Crippen molar-refractivity contribution in [3.8, 4) is 0 Å². The van der Waals surface area contributed by atoms with Crippen LogP contribution in [0.4, 0.5) is 5.82 Å². The molecule has 2 unspecified atom stereocenters. The Morgan fingerprint density at radius 1 is 1.42 bits per heavy atom. The fourth-order valence-electron chi connectivity index (χ4n) is 3.48. The lowest BCUT2D eigenvalue weighted by molar-refractivity contribution is 0.348. The lowest BCUT2D eigenvalue weighted by Crippen LogP contribution is -2.48. The average molecular weight is 345 g/mol. The molecular weight excluding hydrogens is 326 g/mol. The Morgan fingerprint density at radius 2 is 2.11 bits per heavy atom. The van der Waals surface area contributed by atoms with Crippen LogP contribution >= 0.6 is 27.5 Å². The van der Waals surface area contributed by atoms with Crippen molar-refractivity contribution in [2.24, 2.45) is 0 Å². The van der Waals surface area contributed by atoms with Gasteiger partial charge in [0.1, 0.15) is 5.82 Å². The Labute approximate surface area is 127 Å². The summed E-state index contributed by atoms with van der Waals surface area (Å²) in [6, 6.07) is 3.92. The molecule has 0 amide bonds. The van der Waals surface area contributed by atoms with Gasteiger partial charge < -0.3 is 10.2 Å². The van der Waals surface area contributed by atoms with Crippen molar-refractivity contribution in [1.82, 2.24) is 10.3 Å². The fraction of sp³-hybridized carbons (Fsp3) is 0.643. The molecule has 104 valence electrons. The summed E-state index contributed by atoms with van der Waals surface area (Å²) in [5.41, 5.74) is 0. The summed E-state index contributed by atoms with van der Waals surface area (Å²) in [7, 11) is 0. The van der Waals surface area contributed by atoms with E-state index < -0.39 is 0 Å². The zero-order valence-corrected chi connectivity index (χ0v) is 13.4. The number of anilines is 1. The van der Waals surface area contributed by atoms with Gasteiger partial charge in [-0.3, -0.25) is 0 Å². The minimum atomic E-state index is 0.591. The lowest BCUT2D eigenvalue weighted by Gasteiger charge is -2.38. The van der Waals surface area contributed by atoms with E-state index in [-0.39, 0.29) is 0 Å². The van der Waals surface area contributed by atoms with Gasteiger partial charge in [-0.15, -0.1) is 0 Å². The van der Waals surface area contributed by atoms with Gasteiger partial charge >= 0.3 is 0 Å². The van der Waals surface area contributed by atoms with Crippen molar-refractivity contribution in [3.63, 3.8) is 0 Å². The number of pyridine rings is 1. The van der Waals surface area contributed by atoms with Crippen LogP contribution in [0.2, 0.25) is 5.02 Å². The zero-order valence-electron chi connectivity index (χ0n) is 11.1. The van der Waals surface area contributed by atoms with Crippen molar-refractivity contribution < 1.29 is 0 Å². The quantitative estimate of drug-likeness (QED) is 0.908. The van der Waals surface area contributed by atoms with E-state index in [1.54, 1.807) is 6.20 Å². The fourth-order valence-corrected chi connectivity index (χ4v) is 4.35. The molecular formula is C14H19BrClN3. The molecule has 0 aliphatic carbocycles. The average Bonchev–Trinajstić information content (AvgIpc) is 2.72. The lowest BCUT2D eigenvalue weighted by atomic mass is 9.98. The van der Waals surface area contributed by atoms with Gasteiger partial charge in [0.25, 0.3) is 0 Å². The number of nitrogens with one attached hydrogen (secondary N) is 1. The van der Waals surface area contributed by atoms with Gasteiger partial charge in [-0.1, -0.05) is 11.6 Å². The number of halogens is 2. The normalized spacial score (nSPS) is 29.5. The van der Waals surface area contributed by atoms with E-state index in [1.165, 1.54) is 25.7 Å². The van der Waals surface area contributed by atoms with E-state index in [2.05, 4.69) is 38.1 Å². The van der Waals surface area contributed by atoms with Crippen LogP contribution in [0.15, 0.2) is 16.7 Å². The number of piperidine rings is 1. The van der Waals surface area contributed by atoms with Gasteiger partial charge in [0.15, 0.2) is 0 Å². The highest BCUT2D eigenvalue weighted by atomic mass is 79.9. The Morgan fingerprint density at radius 3 is 2.68 bits per heavy atom. The number of aromatic nitrogens is 1. The van der Waals surface area contributed by atoms with Gasteiger partial charge in [-0.05, 0) is 54.6 Å². The van der Waals surface area contributed by atoms with E-state index in [0.717, 1.165) is 16.8 Å². The van der Waals surface area contributed by atoms with E-state index in [4.69, 9.17) is 11.6 Å². The minimum absolute atomic E-state index is 0.591. The van der Waals surface area contributed by atoms with E-state index in [1.807, 2.05) is 6.07 Å². The third kappa shape index (κ3) is 2.76. The van der Waals surface area contributed by atoms with E-state index in [0.29, 0.717) is 23.1 Å². The van der Waals surface area contributed by atoms with Crippen LogP contribution in [0.25, 0.3) is 0 Å². The first-order valence-electron chi connectivity index (χ1n) is 7.01. The summed E-state index contributed by atoms with van der Waals surface area (Å²) in [4.78, 5) is 6.94. The van der Waals surface area contributed by atoms with Crippen LogP contribution in [-0.4, -0.2) is 29.7 Å². The predicted octanol–water partition coefficient (Wildman–Crippen LogP) is 3.61. The maximum Gasteiger partial charge on any atom is 0.143 e. The molecule has 2 aliphatic heterocycles. The van der Waals surface area contributed by atoms with Crippen molar-refractivity contribution in [3.05, 3.63) is 21.8 Å². The second-order valence-electron chi connectivity index (χ2n) is 5.51. The van der Waals surface area contributed by atoms with Crippen LogP contribution in [0.5, 0.6) is 0 Å². The molecule has 1 aromatic rings. The first-order valence-corrected chi connectivity index (χ1v) is 8.18. The maximum absolute atomic E-state index is 5.99. The van der Waals surface area contributed by atoms with Crippen molar-refractivity contribution >= 4 is 33.3 Å². The van der Waals surface area contributed by atoms with Gasteiger partial charge in [0.2, 0.25) is 0 Å². The third-order valence-electron chi connectivity index (χ3n) is 4.29. The summed E-state index contributed by atoms with van der Waals surface area (Å²) in [6.45, 7) is 3.18. The molecule has 0 radical (unpaired) electrons. The van der Waals surface area contributed by atoms with Gasteiger partial charge in [0.05, 0.1) is 9.50 Å². The molecule has 2 bridgehead atoms. The molecule has 2 saturated heterocycles. The number of nitrogens with zero attached hydrogens (tertiary/aromatic N) is 2. The first kappa shape index (κ1) is 13.7. The number of hydrogen-bond donors (Lipinski definition) is 1. The van der Waals surface area contributed by atoms with E-state index in [9.17, 15) is 0 Å². The molecule has 0 aromatic carbocycles. The molecule has 2 fully saturated rings. The molecule has 2 atom stereocenters. The second kappa shape index (κ2) is 5.58. The summed E-state index contributed by atoms with van der Waals surface area (Å²) >= 11 is 9.58. The second-order valence-corrected chi connectivity index (χ2v) is 6.80. The van der Waals surface area contributed by atoms with Crippen molar-refractivity contribution in [1.29, 1.82) is 0 Å². The van der Waals surface area contributed by atoms with Crippen LogP contribution in [0, 0.1) is 0 Å². The summed E-state index contributed by atoms with van der Waals surface area (Å²) in [5, 5.41) is 4.37. The van der Waals surface area contributed by atoms with Crippen molar-refractivity contribution in [2.75, 3.05) is 11.4 Å². The number of fused-ring (bicyclic) bond motifs is 2. The number of rotatable bonds is 3. The molecule has 19 heavy (non-hydrogen) atoms. The van der Waals surface area contributed by atoms with Crippen LogP contribution < -0.4 is 10.2 Å². The molecule has 0 spiro atoms. The monoisotopic (exact) mass is 343 g/mol. The van der Waals surface area contributed by atoms with E-state index >= 15 is 0 Å². The molecule has 1 aromatic heterocycles. The summed E-state index contributed by atoms with van der Waals surface area (Å²) < 4.78 is 0.993. The standard InChI is InChI=1S/C14H19BrClN3/c1-2-19(14-13(15)5-9(16)8-17-14)12-6-10-3-4-11(7-12)18-10/h5,8,10-12,18H,2-4,6-7H2,1H3. The number of hydrogen-bond acceptors (Lipinski definition) is 3. The van der Waals surface area contributed by atoms with Crippen LogP contribution in [-0.2, 0) is 0 Å². The topological polar surface area (TPSA) is 28.2 Å². The zero-order chi connectivity index (χ0) is 13.4. The molecule has 0 saturated carbocycles. The Kier molecular flexibility index (Phi) is 4.01. The Hall–Kier alpha value is -0.320. The highest BCUT2D eigenvalue weighted by Crippen LogP contribution is 2.34. The molecule has 1 N–H and O–H groups in total. The minimum Gasteiger partial charge on any atom is -0.353 e. The molecule has 3 nitrogen and oxygen atoms in total. The van der Waals surface area contributed by atoms with Crippen LogP contribution in [0.1, 0.15) is 32.6 Å². The summed E-state index contributed by atoms with van der Waals surface area (Å²) in [6.07, 6.45) is 6.84. The first-order chi connectivity index (χ1) is 9.17. The molecule has 3 rings (SSSR count). The Balaban J connectivity index is 1.83. The summed E-state index contributed by atoms with van der Waals surface area (Å²) in [5.74, 6) is 1.03. The highest BCUT2D eigenvalue weighted by Gasteiger charge is 2.36. The van der Waals surface area contributed by atoms with Crippen molar-refractivity contribution in [2.45, 2.75) is 50.7 Å². The Bertz CT molecular complexity index is 456. The SMILES string of the molecule is CCN(c1ncc(Cl)cc1Br)C1CC2CCC(C1)N2. The largest absolute Gasteiger partial charge is 0.353 e. The van der Waals surface area contributed by atoms with Crippen LogP contribution in [0.3, 0.4) is 0 Å². The molecule has 3 heterocycles. The third-order valence-corrected chi connectivity index (χ3v) is 5.08. The molecule has 5 heteroatoms. The van der Waals surface area contributed by atoms with Gasteiger partial charge in [-0.25, -0.2) is 4.98 Å². The van der Waals surface area contributed by atoms with Gasteiger partial charge in [-0.2, -0.15) is 0 Å². The highest BCUT2D eigenvalue weighted by molar-refractivity contribution is 9.10. The molecule has 2 aliphatic rings.